The lowest BCUT2D eigenvalue weighted by atomic mass is 9.99. The van der Waals surface area contributed by atoms with Crippen molar-refractivity contribution in [2.24, 2.45) is 0 Å². The lowest BCUT2D eigenvalue weighted by Gasteiger charge is -2.12. The van der Waals surface area contributed by atoms with Crippen LogP contribution in [0.2, 0.25) is 0 Å². The second-order valence-corrected chi connectivity index (χ2v) is 15.2. The Morgan fingerprint density at radius 3 is 1.15 bits per heavy atom. The molecule has 0 aliphatic rings. The molecule has 0 radical (unpaired) electrons. The molecule has 3 heteroatoms. The van der Waals surface area contributed by atoms with Crippen LogP contribution in [0.1, 0.15) is 0 Å². The van der Waals surface area contributed by atoms with E-state index in [0.29, 0.717) is 0 Å². The van der Waals surface area contributed by atoms with Gasteiger partial charge in [0.15, 0.2) is 0 Å². The van der Waals surface area contributed by atoms with Crippen molar-refractivity contribution in [3.63, 3.8) is 0 Å². The Labute approximate surface area is 323 Å². The average molecular weight is 719 g/mol. The van der Waals surface area contributed by atoms with Gasteiger partial charge in [-0.3, -0.25) is 0 Å². The second kappa shape index (κ2) is 12.9. The molecule has 2 nitrogen and oxygen atoms in total. The van der Waals surface area contributed by atoms with Crippen molar-refractivity contribution in [2.45, 2.75) is 0 Å². The van der Waals surface area contributed by atoms with Crippen molar-refractivity contribution in [1.29, 1.82) is 0 Å². The highest BCUT2D eigenvalue weighted by atomic mass is 32.1. The molecule has 8 aromatic carbocycles. The average Bonchev–Trinajstić information content (AvgIpc) is 3.98. The number of thiophene rings is 1. The molecule has 0 spiro atoms. The fourth-order valence-electron chi connectivity index (χ4n) is 8.52. The number of fused-ring (bicyclic) bond motifs is 6. The molecule has 3 aromatic heterocycles. The molecule has 0 saturated carbocycles. The van der Waals surface area contributed by atoms with Crippen molar-refractivity contribution in [3.8, 4) is 54.5 Å². The molecule has 0 bridgehead atoms. The SMILES string of the molecule is c1ccc(-n2c3ccccc3c3cccc(-c4cccc(-c5ccc(-c6cccc(-c7cccc8c9ccccc9n(-c9ccccc9)c78)c6)s5)c4)c32)cc1. The maximum atomic E-state index is 2.42. The van der Waals surface area contributed by atoms with Gasteiger partial charge < -0.3 is 9.13 Å². The Balaban J connectivity index is 1.00. The van der Waals surface area contributed by atoms with Gasteiger partial charge in [0.2, 0.25) is 0 Å². The second-order valence-electron chi connectivity index (χ2n) is 14.1. The van der Waals surface area contributed by atoms with Gasteiger partial charge in [-0.2, -0.15) is 0 Å². The molecule has 0 fully saturated rings. The summed E-state index contributed by atoms with van der Waals surface area (Å²) < 4.78 is 4.84. The molecule has 0 saturated heterocycles. The van der Waals surface area contributed by atoms with Gasteiger partial charge in [0.1, 0.15) is 0 Å². The first kappa shape index (κ1) is 31.6. The summed E-state index contributed by atoms with van der Waals surface area (Å²) >= 11 is 1.85. The van der Waals surface area contributed by atoms with Crippen molar-refractivity contribution >= 4 is 54.9 Å². The quantitative estimate of drug-likeness (QED) is 0.162. The standard InChI is InChI=1S/C52H34N2S/c1-3-19-39(20-4-1)53-47-29-9-7-23-43(47)45-27-13-25-41(51(45)53)35-15-11-17-37(33-35)49-31-32-50(55-49)38-18-12-16-36(34-38)42-26-14-28-46-44-24-8-10-30-48(44)54(52(42)46)40-21-5-2-6-22-40/h1-34H. The molecule has 0 unspecified atom stereocenters. The molecule has 11 aromatic rings. The van der Waals surface area contributed by atoms with Gasteiger partial charge in [0, 0.05) is 53.8 Å². The normalized spacial score (nSPS) is 11.6. The van der Waals surface area contributed by atoms with Gasteiger partial charge in [-0.25, -0.2) is 0 Å². The first-order valence-electron chi connectivity index (χ1n) is 18.8. The van der Waals surface area contributed by atoms with Crippen LogP contribution in [-0.2, 0) is 0 Å². The maximum absolute atomic E-state index is 2.42. The number of para-hydroxylation sites is 6. The zero-order chi connectivity index (χ0) is 36.3. The number of hydrogen-bond acceptors (Lipinski definition) is 1. The van der Waals surface area contributed by atoms with Crippen molar-refractivity contribution in [3.05, 3.63) is 206 Å². The predicted molar refractivity (Wildman–Crippen MR) is 235 cm³/mol. The van der Waals surface area contributed by atoms with E-state index in [1.54, 1.807) is 0 Å². The summed E-state index contributed by atoms with van der Waals surface area (Å²) in [6.07, 6.45) is 0. The third kappa shape index (κ3) is 5.16. The van der Waals surface area contributed by atoms with Gasteiger partial charge in [-0.05, 0) is 82.9 Å². The van der Waals surface area contributed by atoms with Crippen molar-refractivity contribution in [2.75, 3.05) is 0 Å². The summed E-state index contributed by atoms with van der Waals surface area (Å²) in [4.78, 5) is 2.51. The number of benzene rings is 8. The third-order valence-corrected chi connectivity index (χ3v) is 12.1. The fraction of sp³-hybridized carbons (Fsp3) is 0. The molecule has 11 rings (SSSR count). The van der Waals surface area contributed by atoms with Gasteiger partial charge in [-0.15, -0.1) is 11.3 Å². The molecule has 0 amide bonds. The van der Waals surface area contributed by atoms with E-state index in [1.807, 2.05) is 11.3 Å². The van der Waals surface area contributed by atoms with Gasteiger partial charge in [0.05, 0.1) is 22.1 Å². The fourth-order valence-corrected chi connectivity index (χ4v) is 9.52. The lowest BCUT2D eigenvalue weighted by Crippen LogP contribution is -1.95. The van der Waals surface area contributed by atoms with E-state index >= 15 is 0 Å². The molecular formula is C52H34N2S. The summed E-state index contributed by atoms with van der Waals surface area (Å²) in [6.45, 7) is 0. The molecule has 0 atom stereocenters. The Hall–Kier alpha value is -6.94. The van der Waals surface area contributed by atoms with Crippen LogP contribution < -0.4 is 0 Å². The minimum absolute atomic E-state index is 1.17. The minimum atomic E-state index is 1.17. The first-order chi connectivity index (χ1) is 27.3. The van der Waals surface area contributed by atoms with Crippen LogP contribution in [0, 0.1) is 0 Å². The molecule has 0 aliphatic carbocycles. The van der Waals surface area contributed by atoms with E-state index < -0.39 is 0 Å². The number of rotatable bonds is 6. The zero-order valence-electron chi connectivity index (χ0n) is 29.9. The predicted octanol–water partition coefficient (Wildman–Crippen LogP) is 14.6. The third-order valence-electron chi connectivity index (χ3n) is 10.9. The van der Waals surface area contributed by atoms with Crippen LogP contribution in [0.5, 0.6) is 0 Å². The molecule has 55 heavy (non-hydrogen) atoms. The minimum Gasteiger partial charge on any atom is -0.309 e. The van der Waals surface area contributed by atoms with Crippen LogP contribution in [-0.4, -0.2) is 9.13 Å². The van der Waals surface area contributed by atoms with Gasteiger partial charge in [-0.1, -0.05) is 146 Å². The number of aromatic nitrogens is 2. The lowest BCUT2D eigenvalue weighted by molar-refractivity contribution is 1.18. The first-order valence-corrected chi connectivity index (χ1v) is 19.6. The molecule has 3 heterocycles. The van der Waals surface area contributed by atoms with Crippen molar-refractivity contribution in [1.82, 2.24) is 9.13 Å². The highest BCUT2D eigenvalue weighted by molar-refractivity contribution is 7.18. The summed E-state index contributed by atoms with van der Waals surface area (Å²) in [5.41, 5.74) is 14.6. The highest BCUT2D eigenvalue weighted by Crippen LogP contribution is 2.42. The smallest absolute Gasteiger partial charge is 0.0619 e. The Bertz CT molecular complexity index is 2980. The van der Waals surface area contributed by atoms with E-state index in [9.17, 15) is 0 Å². The molecular weight excluding hydrogens is 685 g/mol. The van der Waals surface area contributed by atoms with Crippen LogP contribution in [0.4, 0.5) is 0 Å². The van der Waals surface area contributed by atoms with E-state index in [2.05, 4.69) is 215 Å². The summed E-state index contributed by atoms with van der Waals surface area (Å²) in [5, 5.41) is 5.06. The summed E-state index contributed by atoms with van der Waals surface area (Å²) in [6, 6.07) is 75.0. The molecule has 0 aliphatic heterocycles. The van der Waals surface area contributed by atoms with Crippen LogP contribution >= 0.6 is 11.3 Å². The Morgan fingerprint density at radius 1 is 0.291 bits per heavy atom. The molecule has 258 valence electrons. The number of hydrogen-bond donors (Lipinski definition) is 0. The van der Waals surface area contributed by atoms with Gasteiger partial charge >= 0.3 is 0 Å². The van der Waals surface area contributed by atoms with E-state index in [-0.39, 0.29) is 0 Å². The van der Waals surface area contributed by atoms with Crippen molar-refractivity contribution < 1.29 is 0 Å². The Morgan fingerprint density at radius 2 is 0.673 bits per heavy atom. The van der Waals surface area contributed by atoms with Crippen LogP contribution in [0.25, 0.3) is 98.1 Å². The summed E-state index contributed by atoms with van der Waals surface area (Å²) in [7, 11) is 0. The number of nitrogens with zero attached hydrogens (tertiary/aromatic N) is 2. The molecule has 0 N–H and O–H groups in total. The maximum Gasteiger partial charge on any atom is 0.0619 e. The van der Waals surface area contributed by atoms with Crippen LogP contribution in [0.3, 0.4) is 0 Å². The van der Waals surface area contributed by atoms with E-state index in [0.717, 1.165) is 0 Å². The van der Waals surface area contributed by atoms with E-state index in [1.165, 1.54) is 98.1 Å². The van der Waals surface area contributed by atoms with E-state index in [4.69, 9.17) is 0 Å². The van der Waals surface area contributed by atoms with Gasteiger partial charge in [0.25, 0.3) is 0 Å². The highest BCUT2D eigenvalue weighted by Gasteiger charge is 2.19. The largest absolute Gasteiger partial charge is 0.309 e. The monoisotopic (exact) mass is 718 g/mol. The summed E-state index contributed by atoms with van der Waals surface area (Å²) in [5.74, 6) is 0. The zero-order valence-corrected chi connectivity index (χ0v) is 30.7. The topological polar surface area (TPSA) is 9.86 Å². The Kier molecular flexibility index (Phi) is 7.39. The van der Waals surface area contributed by atoms with Crippen LogP contribution in [0.15, 0.2) is 206 Å².